The lowest BCUT2D eigenvalue weighted by molar-refractivity contribution is 0.397. The number of hydrogen-bond donors (Lipinski definition) is 2. The van der Waals surface area contributed by atoms with Gasteiger partial charge in [-0.2, -0.15) is 0 Å². The molecule has 1 atom stereocenters. The van der Waals surface area contributed by atoms with Crippen LogP contribution in [0.2, 0.25) is 0 Å². The fourth-order valence-corrected chi connectivity index (χ4v) is 2.10. The molecule has 2 rings (SSSR count). The highest BCUT2D eigenvalue weighted by molar-refractivity contribution is 5.90. The van der Waals surface area contributed by atoms with Gasteiger partial charge in [0.25, 0.3) is 0 Å². The van der Waals surface area contributed by atoms with Gasteiger partial charge in [-0.1, -0.05) is 0 Å². The minimum Gasteiger partial charge on any atom is -0.497 e. The van der Waals surface area contributed by atoms with Gasteiger partial charge in [0.15, 0.2) is 0 Å². The highest BCUT2D eigenvalue weighted by Crippen LogP contribution is 2.32. The zero-order valence-corrected chi connectivity index (χ0v) is 11.1. The Morgan fingerprint density at radius 3 is 2.67 bits per heavy atom. The Labute approximate surface area is 107 Å². The zero-order chi connectivity index (χ0) is 13.1. The smallest absolute Gasteiger partial charge is 0.146 e. The van der Waals surface area contributed by atoms with Crippen LogP contribution in [0.25, 0.3) is 10.9 Å². The van der Waals surface area contributed by atoms with Crippen molar-refractivity contribution < 1.29 is 9.47 Å². The minimum absolute atomic E-state index is 0.211. The second kappa shape index (κ2) is 5.31. The Balaban J connectivity index is 2.43. The highest BCUT2D eigenvalue weighted by atomic mass is 16.5. The molecule has 0 saturated carbocycles. The van der Waals surface area contributed by atoms with E-state index in [9.17, 15) is 0 Å². The fourth-order valence-electron chi connectivity index (χ4n) is 2.10. The number of fused-ring (bicyclic) bond motifs is 1. The number of aryl methyl sites for hydroxylation is 1. The van der Waals surface area contributed by atoms with Gasteiger partial charge in [0, 0.05) is 23.7 Å². The van der Waals surface area contributed by atoms with Crippen molar-refractivity contribution in [3.05, 3.63) is 23.9 Å². The number of methoxy groups -OCH3 is 2. The molecule has 1 unspecified atom stereocenters. The molecule has 0 fully saturated rings. The van der Waals surface area contributed by atoms with Crippen LogP contribution in [0.5, 0.6) is 11.5 Å². The molecule has 1 heterocycles. The van der Waals surface area contributed by atoms with Gasteiger partial charge >= 0.3 is 0 Å². The van der Waals surface area contributed by atoms with E-state index in [1.165, 1.54) is 5.56 Å². The lowest BCUT2D eigenvalue weighted by atomic mass is 10.1. The summed E-state index contributed by atoms with van der Waals surface area (Å²) >= 11 is 0. The minimum atomic E-state index is 0.211. The largest absolute Gasteiger partial charge is 0.497 e. The molecule has 0 radical (unpaired) electrons. The molecule has 1 aromatic heterocycles. The van der Waals surface area contributed by atoms with E-state index in [-0.39, 0.29) is 6.04 Å². The van der Waals surface area contributed by atoms with Crippen LogP contribution in [0.1, 0.15) is 18.9 Å². The zero-order valence-electron chi connectivity index (χ0n) is 11.1. The van der Waals surface area contributed by atoms with Crippen LogP contribution in [0, 0.1) is 0 Å². The van der Waals surface area contributed by atoms with E-state index in [4.69, 9.17) is 15.2 Å². The van der Waals surface area contributed by atoms with Crippen molar-refractivity contribution in [1.82, 2.24) is 4.98 Å². The summed E-state index contributed by atoms with van der Waals surface area (Å²) in [5.41, 5.74) is 8.07. The number of benzene rings is 1. The summed E-state index contributed by atoms with van der Waals surface area (Å²) < 4.78 is 10.7. The summed E-state index contributed by atoms with van der Waals surface area (Å²) in [7, 11) is 3.32. The number of aromatic nitrogens is 1. The van der Waals surface area contributed by atoms with Crippen LogP contribution < -0.4 is 15.2 Å². The molecule has 0 aliphatic carbocycles. The molecule has 0 spiro atoms. The van der Waals surface area contributed by atoms with E-state index in [0.717, 1.165) is 35.2 Å². The predicted molar refractivity (Wildman–Crippen MR) is 73.4 cm³/mol. The van der Waals surface area contributed by atoms with Crippen LogP contribution in [0.4, 0.5) is 0 Å². The van der Waals surface area contributed by atoms with Gasteiger partial charge < -0.3 is 20.2 Å². The van der Waals surface area contributed by atoms with Gasteiger partial charge in [0.2, 0.25) is 0 Å². The van der Waals surface area contributed by atoms with Crippen molar-refractivity contribution in [3.8, 4) is 11.5 Å². The fraction of sp³-hybridized carbons (Fsp3) is 0.429. The van der Waals surface area contributed by atoms with Crippen LogP contribution >= 0.6 is 0 Å². The Hall–Kier alpha value is -1.68. The van der Waals surface area contributed by atoms with Gasteiger partial charge in [-0.05, 0) is 31.4 Å². The predicted octanol–water partition coefficient (Wildman–Crippen LogP) is 2.46. The Morgan fingerprint density at radius 2 is 2.06 bits per heavy atom. The monoisotopic (exact) mass is 248 g/mol. The molecular weight excluding hydrogens is 228 g/mol. The molecule has 0 amide bonds. The molecule has 4 nitrogen and oxygen atoms in total. The third kappa shape index (κ3) is 2.43. The normalized spacial score (nSPS) is 12.7. The third-order valence-electron chi connectivity index (χ3n) is 3.14. The summed E-state index contributed by atoms with van der Waals surface area (Å²) in [6, 6.07) is 4.13. The maximum absolute atomic E-state index is 5.81. The molecule has 0 aliphatic rings. The van der Waals surface area contributed by atoms with Crippen molar-refractivity contribution in [3.63, 3.8) is 0 Å². The van der Waals surface area contributed by atoms with Gasteiger partial charge in [0.1, 0.15) is 11.5 Å². The number of ether oxygens (including phenoxy) is 2. The van der Waals surface area contributed by atoms with Crippen LogP contribution in [0.15, 0.2) is 18.3 Å². The first kappa shape index (κ1) is 12.8. The molecule has 0 bridgehead atoms. The molecule has 2 aromatic rings. The molecule has 4 heteroatoms. The number of nitrogens with one attached hydrogen (secondary N) is 1. The molecule has 0 aliphatic heterocycles. The second-order valence-electron chi connectivity index (χ2n) is 4.58. The van der Waals surface area contributed by atoms with Crippen molar-refractivity contribution in [2.24, 2.45) is 5.73 Å². The standard InChI is InChI=1S/C14H20N2O2/c1-9(15)4-5-10-8-16-14-12(10)6-11(17-2)7-13(14)18-3/h6-9,16H,4-5,15H2,1-3H3. The maximum atomic E-state index is 5.81. The quantitative estimate of drug-likeness (QED) is 0.854. The number of nitrogens with two attached hydrogens (primary N) is 1. The first-order valence-electron chi connectivity index (χ1n) is 6.13. The lowest BCUT2D eigenvalue weighted by Crippen LogP contribution is -2.15. The summed E-state index contributed by atoms with van der Waals surface area (Å²) in [6.07, 6.45) is 3.94. The SMILES string of the molecule is COc1cc(OC)c2[nH]cc(CCC(C)N)c2c1. The van der Waals surface area contributed by atoms with Crippen LogP contribution in [-0.4, -0.2) is 25.2 Å². The number of hydrogen-bond acceptors (Lipinski definition) is 3. The van der Waals surface area contributed by atoms with E-state index < -0.39 is 0 Å². The van der Waals surface area contributed by atoms with Crippen molar-refractivity contribution in [2.45, 2.75) is 25.8 Å². The molecule has 1 aromatic carbocycles. The summed E-state index contributed by atoms with van der Waals surface area (Å²) in [5.74, 6) is 1.61. The molecule has 98 valence electrons. The second-order valence-corrected chi connectivity index (χ2v) is 4.58. The summed E-state index contributed by atoms with van der Waals surface area (Å²) in [5, 5.41) is 1.15. The van der Waals surface area contributed by atoms with Gasteiger partial charge in [-0.25, -0.2) is 0 Å². The van der Waals surface area contributed by atoms with E-state index in [1.807, 2.05) is 25.3 Å². The summed E-state index contributed by atoms with van der Waals surface area (Å²) in [6.45, 7) is 2.02. The molecule has 18 heavy (non-hydrogen) atoms. The average molecular weight is 248 g/mol. The summed E-state index contributed by atoms with van der Waals surface area (Å²) in [4.78, 5) is 3.26. The maximum Gasteiger partial charge on any atom is 0.146 e. The van der Waals surface area contributed by atoms with Gasteiger partial charge in [-0.3, -0.25) is 0 Å². The van der Waals surface area contributed by atoms with E-state index in [2.05, 4.69) is 4.98 Å². The Morgan fingerprint density at radius 1 is 1.28 bits per heavy atom. The molecule has 0 saturated heterocycles. The van der Waals surface area contributed by atoms with Crippen molar-refractivity contribution >= 4 is 10.9 Å². The number of aromatic amines is 1. The molecular formula is C14H20N2O2. The van der Waals surface area contributed by atoms with Gasteiger partial charge in [0.05, 0.1) is 19.7 Å². The van der Waals surface area contributed by atoms with Crippen molar-refractivity contribution in [1.29, 1.82) is 0 Å². The van der Waals surface area contributed by atoms with E-state index >= 15 is 0 Å². The van der Waals surface area contributed by atoms with Gasteiger partial charge in [-0.15, -0.1) is 0 Å². The number of rotatable bonds is 5. The highest BCUT2D eigenvalue weighted by Gasteiger charge is 2.11. The third-order valence-corrected chi connectivity index (χ3v) is 3.14. The Bertz CT molecular complexity index is 532. The first-order chi connectivity index (χ1) is 8.65. The number of H-pyrrole nitrogens is 1. The van der Waals surface area contributed by atoms with Crippen LogP contribution in [0.3, 0.4) is 0 Å². The first-order valence-corrected chi connectivity index (χ1v) is 6.13. The van der Waals surface area contributed by atoms with E-state index in [0.29, 0.717) is 0 Å². The lowest BCUT2D eigenvalue weighted by Gasteiger charge is -2.07. The Kier molecular flexibility index (Phi) is 3.77. The topological polar surface area (TPSA) is 60.3 Å². The van der Waals surface area contributed by atoms with E-state index in [1.54, 1.807) is 14.2 Å². The molecule has 3 N–H and O–H groups in total. The average Bonchev–Trinajstić information content (AvgIpc) is 2.78. The van der Waals surface area contributed by atoms with Crippen molar-refractivity contribution in [2.75, 3.05) is 14.2 Å². The van der Waals surface area contributed by atoms with Crippen LogP contribution in [-0.2, 0) is 6.42 Å².